The van der Waals surface area contributed by atoms with Crippen molar-refractivity contribution in [3.05, 3.63) is 92.9 Å². The molecule has 1 fully saturated rings. The third-order valence-electron chi connectivity index (χ3n) is 5.19. The van der Waals surface area contributed by atoms with E-state index in [1.807, 2.05) is 24.3 Å². The van der Waals surface area contributed by atoms with Gasteiger partial charge >= 0.3 is 6.03 Å². The van der Waals surface area contributed by atoms with Crippen molar-refractivity contribution in [2.75, 3.05) is 23.3 Å². The van der Waals surface area contributed by atoms with Gasteiger partial charge in [-0.1, -0.05) is 46.9 Å². The van der Waals surface area contributed by atoms with Crippen LogP contribution in [0.15, 0.2) is 66.7 Å². The summed E-state index contributed by atoms with van der Waals surface area (Å²) in [6.07, 6.45) is 0.821. The second-order valence-corrected chi connectivity index (χ2v) is 8.74. The average molecular weight is 489 g/mol. The average Bonchev–Trinajstić information content (AvgIpc) is 2.77. The molecule has 0 aromatic heterocycles. The van der Waals surface area contributed by atoms with Gasteiger partial charge in [-0.2, -0.15) is 0 Å². The van der Waals surface area contributed by atoms with Crippen LogP contribution in [0.5, 0.6) is 0 Å². The summed E-state index contributed by atoms with van der Waals surface area (Å²) < 4.78 is 0. The third kappa shape index (κ3) is 5.18. The second-order valence-electron chi connectivity index (χ2n) is 7.46. The number of rotatable bonds is 5. The number of urea groups is 1. The molecule has 1 N–H and O–H groups in total. The van der Waals surface area contributed by atoms with Crippen molar-refractivity contribution in [2.24, 2.45) is 0 Å². The van der Waals surface area contributed by atoms with Gasteiger partial charge in [0.15, 0.2) is 0 Å². The first kappa shape index (κ1) is 22.5. The maximum atomic E-state index is 13.2. The Kier molecular flexibility index (Phi) is 6.89. The summed E-state index contributed by atoms with van der Waals surface area (Å²) in [6, 6.07) is 19.1. The van der Waals surface area contributed by atoms with Crippen LogP contribution < -0.4 is 10.2 Å². The van der Waals surface area contributed by atoms with Gasteiger partial charge in [-0.25, -0.2) is 4.79 Å². The molecule has 3 amide bonds. The lowest BCUT2D eigenvalue weighted by molar-refractivity contribution is 0.102. The van der Waals surface area contributed by atoms with Gasteiger partial charge < -0.3 is 10.2 Å². The highest BCUT2D eigenvalue weighted by molar-refractivity contribution is 6.34. The van der Waals surface area contributed by atoms with E-state index in [1.54, 1.807) is 52.3 Å². The van der Waals surface area contributed by atoms with Crippen molar-refractivity contribution in [3.63, 3.8) is 0 Å². The lowest BCUT2D eigenvalue weighted by Crippen LogP contribution is -2.49. The fourth-order valence-corrected chi connectivity index (χ4v) is 4.10. The number of hydrogen-bond acceptors (Lipinski definition) is 2. The zero-order valence-electron chi connectivity index (χ0n) is 17.0. The number of amides is 3. The Morgan fingerprint density at radius 2 is 1.69 bits per heavy atom. The smallest absolute Gasteiger partial charge is 0.321 e. The van der Waals surface area contributed by atoms with Crippen molar-refractivity contribution in [2.45, 2.75) is 13.0 Å². The minimum atomic E-state index is -0.312. The van der Waals surface area contributed by atoms with E-state index in [9.17, 15) is 9.59 Å². The number of carbonyl (C=O) groups is 2. The molecule has 0 aliphatic carbocycles. The largest absolute Gasteiger partial charge is 0.324 e. The minimum absolute atomic E-state index is 0.103. The SMILES string of the molecule is O=C(Nc1cc(N2CCCN(Cc3cccc(Cl)c3)C2=O)ccc1Cl)c1ccc(Cl)cc1. The van der Waals surface area contributed by atoms with Gasteiger partial charge in [0.1, 0.15) is 0 Å². The molecule has 1 heterocycles. The van der Waals surface area contributed by atoms with Gasteiger partial charge in [-0.3, -0.25) is 9.69 Å². The minimum Gasteiger partial charge on any atom is -0.321 e. The van der Waals surface area contributed by atoms with Crippen molar-refractivity contribution in [1.29, 1.82) is 0 Å². The van der Waals surface area contributed by atoms with Crippen LogP contribution in [0.3, 0.4) is 0 Å². The lowest BCUT2D eigenvalue weighted by atomic mass is 10.1. The van der Waals surface area contributed by atoms with Gasteiger partial charge in [0.05, 0.1) is 10.7 Å². The molecule has 0 radical (unpaired) electrons. The van der Waals surface area contributed by atoms with E-state index in [-0.39, 0.29) is 11.9 Å². The van der Waals surface area contributed by atoms with E-state index in [4.69, 9.17) is 34.8 Å². The summed E-state index contributed by atoms with van der Waals surface area (Å²) >= 11 is 18.3. The number of carbonyl (C=O) groups excluding carboxylic acids is 2. The van der Waals surface area contributed by atoms with Crippen LogP contribution in [0.1, 0.15) is 22.3 Å². The van der Waals surface area contributed by atoms with Crippen molar-refractivity contribution in [3.8, 4) is 0 Å². The van der Waals surface area contributed by atoms with Crippen LogP contribution in [0, 0.1) is 0 Å². The third-order valence-corrected chi connectivity index (χ3v) is 6.01. The Morgan fingerprint density at radius 1 is 0.906 bits per heavy atom. The molecule has 0 atom stereocenters. The Balaban J connectivity index is 1.52. The topological polar surface area (TPSA) is 52.7 Å². The van der Waals surface area contributed by atoms with Gasteiger partial charge in [-0.15, -0.1) is 0 Å². The molecular weight excluding hydrogens is 469 g/mol. The molecular formula is C24H20Cl3N3O2. The highest BCUT2D eigenvalue weighted by Crippen LogP contribution is 2.30. The van der Waals surface area contributed by atoms with Gasteiger partial charge in [0, 0.05) is 40.9 Å². The van der Waals surface area contributed by atoms with Crippen LogP contribution in [0.2, 0.25) is 15.1 Å². The van der Waals surface area contributed by atoms with Crippen molar-refractivity contribution < 1.29 is 9.59 Å². The molecule has 3 aromatic carbocycles. The Bertz CT molecular complexity index is 1150. The number of benzene rings is 3. The molecule has 1 saturated heterocycles. The summed E-state index contributed by atoms with van der Waals surface area (Å²) in [4.78, 5) is 29.3. The number of hydrogen-bond donors (Lipinski definition) is 1. The Morgan fingerprint density at radius 3 is 2.44 bits per heavy atom. The van der Waals surface area contributed by atoms with Gasteiger partial charge in [-0.05, 0) is 66.6 Å². The van der Waals surface area contributed by atoms with Gasteiger partial charge in [0.2, 0.25) is 0 Å². The normalized spacial score (nSPS) is 13.9. The quantitative estimate of drug-likeness (QED) is 0.433. The fourth-order valence-electron chi connectivity index (χ4n) is 3.60. The van der Waals surface area contributed by atoms with Crippen LogP contribution >= 0.6 is 34.8 Å². The molecule has 0 bridgehead atoms. The van der Waals surface area contributed by atoms with E-state index in [0.717, 1.165) is 12.0 Å². The van der Waals surface area contributed by atoms with E-state index >= 15 is 0 Å². The summed E-state index contributed by atoms with van der Waals surface area (Å²) in [5.74, 6) is -0.312. The maximum absolute atomic E-state index is 13.2. The molecule has 8 heteroatoms. The number of halogens is 3. The van der Waals surface area contributed by atoms with E-state index in [0.29, 0.717) is 51.6 Å². The number of anilines is 2. The Labute approximate surface area is 201 Å². The first-order valence-electron chi connectivity index (χ1n) is 10.1. The molecule has 1 aliphatic heterocycles. The predicted octanol–water partition coefficient (Wildman–Crippen LogP) is 6.73. The second kappa shape index (κ2) is 9.82. The summed E-state index contributed by atoms with van der Waals surface area (Å²) in [5.41, 5.74) is 2.53. The fraction of sp³-hybridized carbons (Fsp3) is 0.167. The van der Waals surface area contributed by atoms with Crippen molar-refractivity contribution >= 4 is 58.1 Å². The standard InChI is InChI=1S/C24H20Cl3N3O2/c25-18-7-5-17(6-8-18)23(31)28-22-14-20(9-10-21(22)27)30-12-2-11-29(24(30)32)15-16-3-1-4-19(26)13-16/h1,3-10,13-14H,2,11-12,15H2,(H,28,31). The predicted molar refractivity (Wildman–Crippen MR) is 130 cm³/mol. The van der Waals surface area contributed by atoms with Crippen LogP contribution in [0.4, 0.5) is 16.2 Å². The number of nitrogens with zero attached hydrogens (tertiary/aromatic N) is 2. The zero-order chi connectivity index (χ0) is 22.7. The molecule has 1 aliphatic rings. The van der Waals surface area contributed by atoms with E-state index < -0.39 is 0 Å². The van der Waals surface area contributed by atoms with E-state index in [1.165, 1.54) is 0 Å². The summed E-state index contributed by atoms with van der Waals surface area (Å²) in [5, 5.41) is 4.39. The highest BCUT2D eigenvalue weighted by atomic mass is 35.5. The van der Waals surface area contributed by atoms with Crippen LogP contribution in [-0.2, 0) is 6.54 Å². The molecule has 5 nitrogen and oxygen atoms in total. The monoisotopic (exact) mass is 487 g/mol. The zero-order valence-corrected chi connectivity index (χ0v) is 19.3. The Hall–Kier alpha value is -2.73. The van der Waals surface area contributed by atoms with E-state index in [2.05, 4.69) is 5.32 Å². The van der Waals surface area contributed by atoms with Crippen LogP contribution in [-0.4, -0.2) is 29.9 Å². The molecule has 0 unspecified atom stereocenters. The maximum Gasteiger partial charge on any atom is 0.324 e. The molecule has 4 rings (SSSR count). The molecule has 0 spiro atoms. The number of nitrogens with one attached hydrogen (secondary N) is 1. The lowest BCUT2D eigenvalue weighted by Gasteiger charge is -2.36. The first-order valence-corrected chi connectivity index (χ1v) is 11.2. The highest BCUT2D eigenvalue weighted by Gasteiger charge is 2.27. The molecule has 3 aromatic rings. The molecule has 32 heavy (non-hydrogen) atoms. The van der Waals surface area contributed by atoms with Gasteiger partial charge in [0.25, 0.3) is 5.91 Å². The summed E-state index contributed by atoms with van der Waals surface area (Å²) in [6.45, 7) is 1.72. The van der Waals surface area contributed by atoms with Crippen molar-refractivity contribution in [1.82, 2.24) is 4.90 Å². The molecule has 164 valence electrons. The molecule has 0 saturated carbocycles. The summed E-state index contributed by atoms with van der Waals surface area (Å²) in [7, 11) is 0. The first-order chi connectivity index (χ1) is 15.4. The van der Waals surface area contributed by atoms with Crippen LogP contribution in [0.25, 0.3) is 0 Å².